The van der Waals surface area contributed by atoms with Crippen LogP contribution in [0.1, 0.15) is 0 Å². The van der Waals surface area contributed by atoms with Crippen LogP contribution in [-0.4, -0.2) is 32.2 Å². The number of carbonyl (C=O) groups is 1. The van der Waals surface area contributed by atoms with Crippen LogP contribution in [-0.2, 0) is 14.6 Å². The lowest BCUT2D eigenvalue weighted by molar-refractivity contribution is -0.113. The maximum atomic E-state index is 11.9. The number of anilines is 1. The Hall–Kier alpha value is -1.64. The number of halogens is 1. The molecule has 0 bridgehead atoms. The average molecular weight is 347 g/mol. The molecule has 1 heterocycles. The Balaban J connectivity index is 2.14. The minimum atomic E-state index is -3.74. The fraction of sp³-hybridized carbons (Fsp3) is 0.167. The largest absolute Gasteiger partial charge is 0.495 e. The van der Waals surface area contributed by atoms with E-state index in [-0.39, 0.29) is 4.34 Å². The number of rotatable bonds is 5. The van der Waals surface area contributed by atoms with Crippen molar-refractivity contribution in [3.8, 4) is 5.75 Å². The fourth-order valence-electron chi connectivity index (χ4n) is 1.56. The molecule has 0 atom stereocenters. The summed E-state index contributed by atoms with van der Waals surface area (Å²) in [5, 5.41) is 4.40. The van der Waals surface area contributed by atoms with Crippen LogP contribution in [0.4, 0.5) is 5.69 Å². The Morgan fingerprint density at radius 2 is 2.24 bits per heavy atom. The van der Waals surface area contributed by atoms with Crippen LogP contribution in [0.25, 0.3) is 0 Å². The zero-order valence-corrected chi connectivity index (χ0v) is 13.3. The molecule has 0 radical (unpaired) electrons. The maximum absolute atomic E-state index is 11.9. The highest BCUT2D eigenvalue weighted by atomic mass is 35.5. The van der Waals surface area contributed by atoms with E-state index in [4.69, 9.17) is 16.3 Å². The van der Waals surface area contributed by atoms with Gasteiger partial charge in [0.25, 0.3) is 0 Å². The van der Waals surface area contributed by atoms with Crippen LogP contribution < -0.4 is 10.1 Å². The number of carbonyl (C=O) groups excluding carboxylic acids is 1. The molecule has 0 aliphatic rings. The van der Waals surface area contributed by atoms with Gasteiger partial charge in [-0.2, -0.15) is 0 Å². The van der Waals surface area contributed by atoms with Crippen molar-refractivity contribution in [1.29, 1.82) is 0 Å². The van der Waals surface area contributed by atoms with Crippen LogP contribution in [0, 0.1) is 0 Å². The smallest absolute Gasteiger partial charge is 0.240 e. The molecule has 2 aromatic rings. The third kappa shape index (κ3) is 3.93. The van der Waals surface area contributed by atoms with Gasteiger partial charge in [0.1, 0.15) is 11.5 Å². The van der Waals surface area contributed by atoms with E-state index in [2.05, 4.69) is 10.3 Å². The van der Waals surface area contributed by atoms with E-state index < -0.39 is 21.5 Å². The van der Waals surface area contributed by atoms with Gasteiger partial charge in [-0.05, 0) is 18.2 Å². The lowest BCUT2D eigenvalue weighted by Gasteiger charge is -2.10. The minimum absolute atomic E-state index is 0.0873. The number of benzene rings is 1. The summed E-state index contributed by atoms with van der Waals surface area (Å²) in [6.07, 6.45) is 1.37. The molecule has 9 heteroatoms. The average Bonchev–Trinajstić information content (AvgIpc) is 2.92. The number of aromatic nitrogens is 1. The molecule has 1 N–H and O–H groups in total. The normalized spacial score (nSPS) is 11.1. The summed E-state index contributed by atoms with van der Waals surface area (Å²) in [7, 11) is -2.31. The number of hydrogen-bond donors (Lipinski definition) is 1. The van der Waals surface area contributed by atoms with Crippen LogP contribution in [0.15, 0.2) is 34.1 Å². The predicted molar refractivity (Wildman–Crippen MR) is 80.8 cm³/mol. The minimum Gasteiger partial charge on any atom is -0.495 e. The van der Waals surface area contributed by atoms with Gasteiger partial charge in [0.15, 0.2) is 0 Å². The first-order chi connectivity index (χ1) is 9.92. The Morgan fingerprint density at radius 1 is 1.48 bits per heavy atom. The van der Waals surface area contributed by atoms with Gasteiger partial charge in [0.2, 0.25) is 20.1 Å². The highest BCUT2D eigenvalue weighted by Gasteiger charge is 2.22. The maximum Gasteiger partial charge on any atom is 0.240 e. The highest BCUT2D eigenvalue weighted by Crippen LogP contribution is 2.27. The second-order valence-electron chi connectivity index (χ2n) is 3.95. The number of ether oxygens (including phenoxy) is 1. The third-order valence-corrected chi connectivity index (χ3v) is 5.56. The first kappa shape index (κ1) is 15.7. The third-order valence-electron chi connectivity index (χ3n) is 2.43. The molecule has 1 aromatic heterocycles. The first-order valence-electron chi connectivity index (χ1n) is 5.68. The fourth-order valence-corrected chi connectivity index (χ4v) is 3.79. The van der Waals surface area contributed by atoms with Crippen molar-refractivity contribution in [2.45, 2.75) is 4.34 Å². The predicted octanol–water partition coefficient (Wildman–Crippen LogP) is 2.22. The van der Waals surface area contributed by atoms with Crippen molar-refractivity contribution in [3.63, 3.8) is 0 Å². The highest BCUT2D eigenvalue weighted by molar-refractivity contribution is 7.94. The molecule has 6 nitrogen and oxygen atoms in total. The van der Waals surface area contributed by atoms with Crippen molar-refractivity contribution in [1.82, 2.24) is 4.98 Å². The molecular weight excluding hydrogens is 336 g/mol. The van der Waals surface area contributed by atoms with E-state index in [1.807, 2.05) is 0 Å². The summed E-state index contributed by atoms with van der Waals surface area (Å²) in [5.74, 6) is -0.999. The number of nitrogens with one attached hydrogen (secondary N) is 1. The molecule has 1 amide bonds. The van der Waals surface area contributed by atoms with Crippen LogP contribution in [0.3, 0.4) is 0 Å². The molecule has 0 aliphatic heterocycles. The molecule has 0 saturated heterocycles. The Bertz CT molecular complexity index is 745. The van der Waals surface area contributed by atoms with E-state index in [1.54, 1.807) is 12.1 Å². The summed E-state index contributed by atoms with van der Waals surface area (Å²) < 4.78 is 28.9. The summed E-state index contributed by atoms with van der Waals surface area (Å²) in [4.78, 5) is 15.6. The van der Waals surface area contributed by atoms with Gasteiger partial charge in [-0.25, -0.2) is 13.4 Å². The SMILES string of the molecule is COc1ccc(Cl)cc1NC(=O)CS(=O)(=O)c1nccs1. The number of sulfone groups is 1. The van der Waals surface area contributed by atoms with Crippen LogP contribution in [0.5, 0.6) is 5.75 Å². The van der Waals surface area contributed by atoms with E-state index in [0.29, 0.717) is 16.5 Å². The summed E-state index contributed by atoms with van der Waals surface area (Å²) in [5.41, 5.74) is 0.310. The number of hydrogen-bond acceptors (Lipinski definition) is 6. The van der Waals surface area contributed by atoms with E-state index in [1.165, 1.54) is 24.8 Å². The van der Waals surface area contributed by atoms with E-state index >= 15 is 0 Å². The molecule has 21 heavy (non-hydrogen) atoms. The van der Waals surface area contributed by atoms with Gasteiger partial charge >= 0.3 is 0 Å². The van der Waals surface area contributed by atoms with Crippen molar-refractivity contribution in [2.75, 3.05) is 18.2 Å². The van der Waals surface area contributed by atoms with Gasteiger partial charge in [-0.1, -0.05) is 11.6 Å². The Kier molecular flexibility index (Phi) is 4.81. The van der Waals surface area contributed by atoms with Gasteiger partial charge in [-0.15, -0.1) is 11.3 Å². The second-order valence-corrected chi connectivity index (χ2v) is 7.44. The van der Waals surface area contributed by atoms with E-state index in [0.717, 1.165) is 11.3 Å². The molecule has 112 valence electrons. The van der Waals surface area contributed by atoms with Crippen molar-refractivity contribution in [3.05, 3.63) is 34.8 Å². The lowest BCUT2D eigenvalue weighted by atomic mass is 10.3. The second kappa shape index (κ2) is 6.42. The Morgan fingerprint density at radius 3 is 2.86 bits per heavy atom. The quantitative estimate of drug-likeness (QED) is 0.897. The number of amides is 1. The number of thiazole rings is 1. The zero-order chi connectivity index (χ0) is 15.5. The molecule has 0 spiro atoms. The van der Waals surface area contributed by atoms with Gasteiger partial charge in [0, 0.05) is 16.6 Å². The number of methoxy groups -OCH3 is 1. The lowest BCUT2D eigenvalue weighted by Crippen LogP contribution is -2.23. The zero-order valence-electron chi connectivity index (χ0n) is 10.9. The molecule has 1 aromatic carbocycles. The monoisotopic (exact) mass is 346 g/mol. The van der Waals surface area contributed by atoms with Crippen molar-refractivity contribution in [2.24, 2.45) is 0 Å². The first-order valence-corrected chi connectivity index (χ1v) is 8.59. The van der Waals surface area contributed by atoms with Crippen LogP contribution >= 0.6 is 22.9 Å². The molecule has 0 unspecified atom stereocenters. The molecular formula is C12H11ClN2O4S2. The topological polar surface area (TPSA) is 85.4 Å². The molecule has 2 rings (SSSR count). The summed E-state index contributed by atoms with van der Waals surface area (Å²) in [6, 6.07) is 4.66. The van der Waals surface area contributed by atoms with Gasteiger partial charge in [-0.3, -0.25) is 4.79 Å². The number of nitrogens with zero attached hydrogens (tertiary/aromatic N) is 1. The molecule has 0 saturated carbocycles. The van der Waals surface area contributed by atoms with Gasteiger partial charge in [0.05, 0.1) is 12.8 Å². The summed E-state index contributed by atoms with van der Waals surface area (Å²) in [6.45, 7) is 0. The standard InChI is InChI=1S/C12H11ClN2O4S2/c1-19-10-3-2-8(13)6-9(10)15-11(16)7-21(17,18)12-14-4-5-20-12/h2-6H,7H2,1H3,(H,15,16). The Labute approximate surface area is 130 Å². The molecule has 0 fully saturated rings. The van der Waals surface area contributed by atoms with Crippen LogP contribution in [0.2, 0.25) is 5.02 Å². The molecule has 0 aliphatic carbocycles. The summed E-state index contributed by atoms with van der Waals surface area (Å²) >= 11 is 6.80. The van der Waals surface area contributed by atoms with E-state index in [9.17, 15) is 13.2 Å². The van der Waals surface area contributed by atoms with Crippen molar-refractivity contribution >= 4 is 44.4 Å². The van der Waals surface area contributed by atoms with Crippen molar-refractivity contribution < 1.29 is 17.9 Å². The van der Waals surface area contributed by atoms with Gasteiger partial charge < -0.3 is 10.1 Å².